The van der Waals surface area contributed by atoms with Crippen molar-refractivity contribution in [1.82, 2.24) is 30.0 Å². The van der Waals surface area contributed by atoms with Crippen molar-refractivity contribution in [2.24, 2.45) is 13.0 Å². The number of aryl methyl sites for hydroxylation is 1. The van der Waals surface area contributed by atoms with E-state index in [0.717, 1.165) is 113 Å². The lowest BCUT2D eigenvalue weighted by Crippen LogP contribution is -2.39. The number of benzene rings is 4. The smallest absolute Gasteiger partial charge is 0.355 e. The van der Waals surface area contributed by atoms with Crippen molar-refractivity contribution in [1.29, 1.82) is 0 Å². The predicted molar refractivity (Wildman–Crippen MR) is 282 cm³/mol. The monoisotopic (exact) mass is 1000 g/mol. The number of carbonyl (C=O) groups excluding carboxylic acids is 3. The minimum absolute atomic E-state index is 0.0211. The van der Waals surface area contributed by atoms with E-state index in [1.165, 1.54) is 24.2 Å². The van der Waals surface area contributed by atoms with Crippen molar-refractivity contribution in [3.63, 3.8) is 0 Å². The Bertz CT molecular complexity index is 3210. The number of carboxylic acids is 1. The molecule has 73 heavy (non-hydrogen) atoms. The summed E-state index contributed by atoms with van der Waals surface area (Å²) in [5.41, 5.74) is 7.20. The van der Waals surface area contributed by atoms with Crippen LogP contribution in [0.4, 0.5) is 10.9 Å². The fourth-order valence-corrected chi connectivity index (χ4v) is 12.3. The number of rotatable bonds is 14. The second-order valence-corrected chi connectivity index (χ2v) is 21.1. The number of piperidine rings is 2. The number of amides is 3. The number of aromatic carboxylic acids is 1. The van der Waals surface area contributed by atoms with E-state index >= 15 is 0 Å². The van der Waals surface area contributed by atoms with E-state index in [-0.39, 0.29) is 35.6 Å². The Morgan fingerprint density at radius 1 is 0.836 bits per heavy atom. The van der Waals surface area contributed by atoms with Crippen LogP contribution in [0.25, 0.3) is 32.2 Å². The first-order valence-corrected chi connectivity index (χ1v) is 26.6. The minimum atomic E-state index is -1.10. The number of carboxylic acid groups (broad SMARTS) is 1. The van der Waals surface area contributed by atoms with E-state index in [0.29, 0.717) is 66.0 Å². The summed E-state index contributed by atoms with van der Waals surface area (Å²) in [6, 6.07) is 29.2. The summed E-state index contributed by atoms with van der Waals surface area (Å²) in [5, 5.41) is 22.1. The normalized spacial score (nSPS) is 19.7. The SMILES string of the molecule is Cc1c(OC2CCC(CCCN3CCC(Oc4ccc5c(C6CCC(=O)NC6=O)nn(C)c5c4)CC3)CC2)cccc1-c1ccc(N2CCc3cccc(C(=O)Nc4nc5ccccc5s4)c3C2)nc1C(=O)O. The van der Waals surface area contributed by atoms with Gasteiger partial charge >= 0.3 is 5.97 Å². The molecule has 1 aliphatic carbocycles. The third-order valence-corrected chi connectivity index (χ3v) is 16.4. The van der Waals surface area contributed by atoms with Crippen molar-refractivity contribution < 1.29 is 33.8 Å². The molecule has 0 spiro atoms. The number of imide groups is 1. The first-order chi connectivity index (χ1) is 35.5. The Morgan fingerprint density at radius 3 is 2.45 bits per heavy atom. The molecule has 7 aromatic rings. The van der Waals surface area contributed by atoms with E-state index < -0.39 is 11.9 Å². The van der Waals surface area contributed by atoms with Gasteiger partial charge in [-0.2, -0.15) is 5.10 Å². The molecule has 2 saturated heterocycles. The highest BCUT2D eigenvalue weighted by Crippen LogP contribution is 2.38. The number of anilines is 2. The molecule has 3 N–H and O–H groups in total. The maximum Gasteiger partial charge on any atom is 0.355 e. The lowest BCUT2D eigenvalue weighted by atomic mass is 9.84. The van der Waals surface area contributed by atoms with Gasteiger partial charge in [-0.3, -0.25) is 29.7 Å². The highest BCUT2D eigenvalue weighted by Gasteiger charge is 2.33. The lowest BCUT2D eigenvalue weighted by molar-refractivity contribution is -0.134. The second kappa shape index (κ2) is 20.7. The summed E-state index contributed by atoms with van der Waals surface area (Å²) in [5.74, 6) is 0.535. The van der Waals surface area contributed by atoms with Gasteiger partial charge in [0.25, 0.3) is 5.91 Å². The van der Waals surface area contributed by atoms with Crippen LogP contribution >= 0.6 is 11.3 Å². The molecule has 1 saturated carbocycles. The van der Waals surface area contributed by atoms with Gasteiger partial charge in [0, 0.05) is 62.2 Å². The molecule has 3 amide bonds. The molecule has 3 aliphatic heterocycles. The number of pyridine rings is 1. The number of carbonyl (C=O) groups is 4. The van der Waals surface area contributed by atoms with Crippen LogP contribution in [-0.2, 0) is 29.6 Å². The standard InChI is InChI=1S/C57H60N8O7S/c1-34-40(41-21-23-50(59-53(41)56(69)70)65-31-25-36-9-5-11-42(45(36)33-65)54(67)61-57-58-46-12-3-4-14-49(46)73-57)10-6-13-48(34)72-37-17-15-35(16-18-37)8-7-28-64-29-26-38(27-30-64)71-39-19-20-43-47(32-39)63(2)62-52(43)44-22-24-51(66)60-55(44)68/h3-6,9-14,19-21,23,32,35,37-38,44H,7-8,15-18,22,24-31,33H2,1-2H3,(H,69,70)(H,58,61,67)(H,60,66,68). The van der Waals surface area contributed by atoms with Gasteiger partial charge in [0.1, 0.15) is 23.4 Å². The molecule has 15 nitrogen and oxygen atoms in total. The van der Waals surface area contributed by atoms with Crippen LogP contribution in [-0.4, -0.2) is 91.8 Å². The van der Waals surface area contributed by atoms with Crippen molar-refractivity contribution in [3.05, 3.63) is 125 Å². The molecule has 0 radical (unpaired) electrons. The maximum atomic E-state index is 13.7. The van der Waals surface area contributed by atoms with Crippen LogP contribution in [0.3, 0.4) is 0 Å². The fourth-order valence-electron chi connectivity index (χ4n) is 11.4. The van der Waals surface area contributed by atoms with Crippen LogP contribution in [0.1, 0.15) is 113 Å². The van der Waals surface area contributed by atoms with E-state index in [2.05, 4.69) is 25.6 Å². The fraction of sp³-hybridized carbons (Fsp3) is 0.386. The summed E-state index contributed by atoms with van der Waals surface area (Å²) in [7, 11) is 1.88. The molecule has 16 heteroatoms. The highest BCUT2D eigenvalue weighted by atomic mass is 32.1. The number of likely N-dealkylation sites (tertiary alicyclic amines) is 1. The number of nitrogens with zero attached hydrogens (tertiary/aromatic N) is 6. The number of fused-ring (bicyclic) bond motifs is 3. The number of ether oxygens (including phenoxy) is 2. The Hall–Kier alpha value is -7.17. The van der Waals surface area contributed by atoms with Crippen LogP contribution < -0.4 is 25.0 Å². The molecule has 4 aliphatic rings. The molecule has 11 rings (SSSR count). The summed E-state index contributed by atoms with van der Waals surface area (Å²) in [6.07, 6.45) is 10.3. The van der Waals surface area contributed by atoms with Crippen molar-refractivity contribution in [2.75, 3.05) is 36.4 Å². The van der Waals surface area contributed by atoms with Gasteiger partial charge in [-0.15, -0.1) is 0 Å². The number of para-hydroxylation sites is 1. The summed E-state index contributed by atoms with van der Waals surface area (Å²) >= 11 is 1.44. The van der Waals surface area contributed by atoms with Gasteiger partial charge < -0.3 is 24.4 Å². The van der Waals surface area contributed by atoms with Crippen molar-refractivity contribution >= 4 is 67.1 Å². The second-order valence-electron chi connectivity index (χ2n) is 20.1. The van der Waals surface area contributed by atoms with Crippen molar-refractivity contribution in [2.45, 2.75) is 102 Å². The van der Waals surface area contributed by atoms with E-state index in [1.54, 1.807) is 4.68 Å². The Kier molecular flexibility index (Phi) is 13.7. The van der Waals surface area contributed by atoms with Gasteiger partial charge in [0.05, 0.1) is 33.4 Å². The molecule has 3 fully saturated rings. The Labute approximate surface area is 427 Å². The maximum absolute atomic E-state index is 13.7. The Morgan fingerprint density at radius 2 is 1.64 bits per heavy atom. The zero-order chi connectivity index (χ0) is 50.2. The number of aromatic nitrogens is 4. The summed E-state index contributed by atoms with van der Waals surface area (Å²) < 4.78 is 16.0. The largest absolute Gasteiger partial charge is 0.490 e. The zero-order valence-corrected chi connectivity index (χ0v) is 42.1. The van der Waals surface area contributed by atoms with E-state index in [9.17, 15) is 24.3 Å². The highest BCUT2D eigenvalue weighted by molar-refractivity contribution is 7.22. The third kappa shape index (κ3) is 10.3. The quantitative estimate of drug-likeness (QED) is 0.0879. The number of nitrogens with one attached hydrogen (secondary N) is 2. The Balaban J connectivity index is 0.651. The van der Waals surface area contributed by atoms with Crippen LogP contribution in [0.15, 0.2) is 91.0 Å². The first-order valence-electron chi connectivity index (χ1n) is 25.7. The van der Waals surface area contributed by atoms with Gasteiger partial charge in [0.15, 0.2) is 10.8 Å². The topological polar surface area (TPSA) is 181 Å². The lowest BCUT2D eigenvalue weighted by Gasteiger charge is -2.33. The third-order valence-electron chi connectivity index (χ3n) is 15.4. The van der Waals surface area contributed by atoms with E-state index in [1.807, 2.05) is 110 Å². The molecular formula is C57H60N8O7S. The number of hydrogen-bond donors (Lipinski definition) is 3. The first kappa shape index (κ1) is 48.1. The van der Waals surface area contributed by atoms with Crippen molar-refractivity contribution in [3.8, 4) is 22.6 Å². The number of hydrogen-bond acceptors (Lipinski definition) is 12. The molecule has 0 bridgehead atoms. The molecular weight excluding hydrogens is 941 g/mol. The van der Waals surface area contributed by atoms with Crippen LogP contribution in [0.2, 0.25) is 0 Å². The molecule has 4 aromatic carbocycles. The number of thiazole rings is 1. The molecule has 376 valence electrons. The van der Waals surface area contributed by atoms with Gasteiger partial charge in [-0.05, 0) is 154 Å². The summed E-state index contributed by atoms with van der Waals surface area (Å²) in [4.78, 5) is 64.8. The zero-order valence-electron chi connectivity index (χ0n) is 41.3. The van der Waals surface area contributed by atoms with Gasteiger partial charge in [-0.25, -0.2) is 14.8 Å². The van der Waals surface area contributed by atoms with Gasteiger partial charge in [-0.1, -0.05) is 47.7 Å². The van der Waals surface area contributed by atoms with Gasteiger partial charge in [0.2, 0.25) is 11.8 Å². The van der Waals surface area contributed by atoms with E-state index in [4.69, 9.17) is 14.5 Å². The molecule has 1 atom stereocenters. The predicted octanol–water partition coefficient (Wildman–Crippen LogP) is 9.85. The average Bonchev–Trinajstić information content (AvgIpc) is 3.96. The van der Waals surface area contributed by atoms with Crippen LogP contribution in [0, 0.1) is 12.8 Å². The van der Waals surface area contributed by atoms with Crippen LogP contribution in [0.5, 0.6) is 11.5 Å². The summed E-state index contributed by atoms with van der Waals surface area (Å²) in [6.45, 7) is 6.15. The minimum Gasteiger partial charge on any atom is -0.490 e. The molecule has 1 unspecified atom stereocenters. The molecule has 6 heterocycles. The molecule has 3 aromatic heterocycles. The average molecular weight is 1000 g/mol.